The molecular weight excluding hydrogens is 240 g/mol. The van der Waals surface area contributed by atoms with Crippen molar-refractivity contribution in [2.24, 2.45) is 0 Å². The molecule has 1 aromatic rings. The Kier molecular flexibility index (Phi) is 4.61. The van der Waals surface area contributed by atoms with Gasteiger partial charge in [-0.25, -0.2) is 0 Å². The monoisotopic (exact) mass is 254 g/mol. The van der Waals surface area contributed by atoms with Crippen molar-refractivity contribution in [2.45, 2.75) is 24.7 Å². The molecule has 16 heavy (non-hydrogen) atoms. The summed E-state index contributed by atoms with van der Waals surface area (Å²) in [6.45, 7) is 0. The molecule has 0 aromatic heterocycles. The lowest BCUT2D eigenvalue weighted by molar-refractivity contribution is 0.145. The maximum absolute atomic E-state index is 5.83. The Morgan fingerprint density at radius 2 is 2.12 bits per heavy atom. The molecule has 0 amide bonds. The number of benzene rings is 1. The van der Waals surface area contributed by atoms with E-state index in [0.717, 1.165) is 29.4 Å². The van der Waals surface area contributed by atoms with Gasteiger partial charge in [0.15, 0.2) is 0 Å². The largest absolute Gasteiger partial charge is 0.498 e. The van der Waals surface area contributed by atoms with Gasteiger partial charge in [-0.05, 0) is 36.6 Å². The zero-order valence-electron chi connectivity index (χ0n) is 9.06. The Labute approximate surface area is 106 Å². The zero-order valence-corrected chi connectivity index (χ0v) is 10.6. The first-order chi connectivity index (χ1) is 7.84. The Hall–Kier alpha value is -0.600. The molecule has 1 aromatic carbocycles. The molecule has 1 nitrogen and oxygen atoms in total. The Balaban J connectivity index is 1.71. The predicted octanol–water partition coefficient (Wildman–Crippen LogP) is 4.27. The summed E-state index contributed by atoms with van der Waals surface area (Å²) in [4.78, 5) is 0. The molecule has 3 heteroatoms. The summed E-state index contributed by atoms with van der Waals surface area (Å²) >= 11 is 7.75. The number of ether oxygens (including phenoxy) is 1. The molecule has 0 aliphatic carbocycles. The van der Waals surface area contributed by atoms with Crippen LogP contribution in [0.4, 0.5) is 0 Å². The first-order valence-electron chi connectivity index (χ1n) is 5.47. The molecule has 2 rings (SSSR count). The van der Waals surface area contributed by atoms with Crippen LogP contribution in [0.2, 0.25) is 5.02 Å². The van der Waals surface area contributed by atoms with Gasteiger partial charge in [-0.15, -0.1) is 0 Å². The molecule has 0 radical (unpaired) electrons. The molecule has 0 spiro atoms. The van der Waals surface area contributed by atoms with Gasteiger partial charge in [0.05, 0.1) is 6.26 Å². The van der Waals surface area contributed by atoms with Gasteiger partial charge in [-0.3, -0.25) is 0 Å². The van der Waals surface area contributed by atoms with Crippen LogP contribution in [0.3, 0.4) is 0 Å². The van der Waals surface area contributed by atoms with Gasteiger partial charge in [0.1, 0.15) is 6.10 Å². The number of hydrogen-bond acceptors (Lipinski definition) is 2. The second-order valence-corrected chi connectivity index (χ2v) is 5.32. The third kappa shape index (κ3) is 3.76. The highest BCUT2D eigenvalue weighted by molar-refractivity contribution is 7.98. The molecule has 0 bridgehead atoms. The average Bonchev–Trinajstić information content (AvgIpc) is 2.33. The molecule has 1 atom stereocenters. The molecule has 1 aliphatic heterocycles. The molecular formula is C13H15ClOS. The summed E-state index contributed by atoms with van der Waals surface area (Å²) in [7, 11) is 0. The van der Waals surface area contributed by atoms with Gasteiger partial charge in [-0.2, -0.15) is 11.8 Å². The first kappa shape index (κ1) is 11.9. The highest BCUT2D eigenvalue weighted by Crippen LogP contribution is 2.20. The fourth-order valence-electron chi connectivity index (χ4n) is 1.60. The van der Waals surface area contributed by atoms with Gasteiger partial charge in [0, 0.05) is 16.5 Å². The minimum absolute atomic E-state index is 0.391. The van der Waals surface area contributed by atoms with Crippen molar-refractivity contribution in [2.75, 3.05) is 5.75 Å². The lowest BCUT2D eigenvalue weighted by Crippen LogP contribution is -2.15. The first-order valence-corrected chi connectivity index (χ1v) is 7.00. The number of allylic oxidation sites excluding steroid dienone is 1. The van der Waals surface area contributed by atoms with E-state index in [0.29, 0.717) is 6.10 Å². The van der Waals surface area contributed by atoms with Gasteiger partial charge >= 0.3 is 0 Å². The van der Waals surface area contributed by atoms with Gasteiger partial charge in [-0.1, -0.05) is 23.7 Å². The van der Waals surface area contributed by atoms with Crippen LogP contribution in [0, 0.1) is 0 Å². The quantitative estimate of drug-likeness (QED) is 0.794. The minimum Gasteiger partial charge on any atom is -0.498 e. The Bertz CT molecular complexity index is 347. The molecule has 0 saturated heterocycles. The van der Waals surface area contributed by atoms with Crippen LogP contribution >= 0.6 is 23.4 Å². The summed E-state index contributed by atoms with van der Waals surface area (Å²) in [5, 5.41) is 0.800. The fourth-order valence-corrected chi connectivity index (χ4v) is 2.78. The van der Waals surface area contributed by atoms with Crippen LogP contribution in [-0.2, 0) is 10.5 Å². The number of rotatable bonds is 4. The van der Waals surface area contributed by atoms with E-state index in [1.54, 1.807) is 0 Å². The molecule has 1 heterocycles. The van der Waals surface area contributed by atoms with E-state index in [4.69, 9.17) is 16.3 Å². The second kappa shape index (κ2) is 6.21. The molecule has 1 unspecified atom stereocenters. The summed E-state index contributed by atoms with van der Waals surface area (Å²) in [6, 6.07) is 8.04. The number of halogens is 1. The lowest BCUT2D eigenvalue weighted by Gasteiger charge is -2.18. The van der Waals surface area contributed by atoms with E-state index in [1.807, 2.05) is 30.2 Å². The van der Waals surface area contributed by atoms with Crippen LogP contribution in [0.15, 0.2) is 36.6 Å². The molecule has 86 valence electrons. The van der Waals surface area contributed by atoms with Crippen LogP contribution < -0.4 is 0 Å². The Morgan fingerprint density at radius 3 is 2.81 bits per heavy atom. The normalized spacial score (nSPS) is 19.4. The number of thioether (sulfide) groups is 1. The van der Waals surface area contributed by atoms with Gasteiger partial charge in [0.2, 0.25) is 0 Å². The van der Waals surface area contributed by atoms with E-state index in [2.05, 4.69) is 18.2 Å². The highest BCUT2D eigenvalue weighted by atomic mass is 35.5. The van der Waals surface area contributed by atoms with Crippen molar-refractivity contribution in [1.82, 2.24) is 0 Å². The van der Waals surface area contributed by atoms with Gasteiger partial charge < -0.3 is 4.74 Å². The third-order valence-corrected chi connectivity index (χ3v) is 3.91. The molecule has 0 saturated carbocycles. The van der Waals surface area contributed by atoms with Crippen LogP contribution in [0.25, 0.3) is 0 Å². The van der Waals surface area contributed by atoms with Gasteiger partial charge in [0.25, 0.3) is 0 Å². The van der Waals surface area contributed by atoms with Crippen LogP contribution in [0.1, 0.15) is 18.4 Å². The zero-order chi connectivity index (χ0) is 11.2. The third-order valence-electron chi connectivity index (χ3n) is 2.51. The smallest absolute Gasteiger partial charge is 0.107 e. The maximum Gasteiger partial charge on any atom is 0.107 e. The van der Waals surface area contributed by atoms with Crippen LogP contribution in [0.5, 0.6) is 0 Å². The highest BCUT2D eigenvalue weighted by Gasteiger charge is 2.10. The fraction of sp³-hybridized carbons (Fsp3) is 0.385. The summed E-state index contributed by atoms with van der Waals surface area (Å²) in [5.74, 6) is 2.09. The van der Waals surface area contributed by atoms with Crippen molar-refractivity contribution in [3.8, 4) is 0 Å². The van der Waals surface area contributed by atoms with Crippen molar-refractivity contribution >= 4 is 23.4 Å². The van der Waals surface area contributed by atoms with E-state index in [9.17, 15) is 0 Å². The van der Waals surface area contributed by atoms with E-state index in [1.165, 1.54) is 5.56 Å². The Morgan fingerprint density at radius 1 is 1.31 bits per heavy atom. The SMILES string of the molecule is Clc1ccc(CSCC2CCC=CO2)cc1. The van der Waals surface area contributed by atoms with Crippen molar-refractivity contribution in [3.63, 3.8) is 0 Å². The van der Waals surface area contributed by atoms with Crippen LogP contribution in [-0.4, -0.2) is 11.9 Å². The second-order valence-electron chi connectivity index (χ2n) is 3.85. The van der Waals surface area contributed by atoms with E-state index in [-0.39, 0.29) is 0 Å². The van der Waals surface area contributed by atoms with E-state index >= 15 is 0 Å². The van der Waals surface area contributed by atoms with Crippen molar-refractivity contribution in [3.05, 3.63) is 47.2 Å². The summed E-state index contributed by atoms with van der Waals surface area (Å²) < 4.78 is 5.51. The predicted molar refractivity (Wildman–Crippen MR) is 70.9 cm³/mol. The van der Waals surface area contributed by atoms with Crippen molar-refractivity contribution in [1.29, 1.82) is 0 Å². The molecule has 1 aliphatic rings. The molecule has 0 N–H and O–H groups in total. The standard InChI is InChI=1S/C13H15ClOS/c14-12-6-4-11(5-7-12)9-16-10-13-3-1-2-8-15-13/h2,4-8,13H,1,3,9-10H2. The maximum atomic E-state index is 5.83. The van der Waals surface area contributed by atoms with E-state index < -0.39 is 0 Å². The lowest BCUT2D eigenvalue weighted by atomic mass is 10.2. The van der Waals surface area contributed by atoms with Crippen molar-refractivity contribution < 1.29 is 4.74 Å². The summed E-state index contributed by atoms with van der Waals surface area (Å²) in [6.07, 6.45) is 6.59. The average molecular weight is 255 g/mol. The molecule has 0 fully saturated rings. The topological polar surface area (TPSA) is 9.23 Å². The number of hydrogen-bond donors (Lipinski definition) is 0. The minimum atomic E-state index is 0.391. The summed E-state index contributed by atoms with van der Waals surface area (Å²) in [5.41, 5.74) is 1.32.